The van der Waals surface area contributed by atoms with Gasteiger partial charge in [0.15, 0.2) is 6.61 Å². The van der Waals surface area contributed by atoms with Crippen LogP contribution in [-0.4, -0.2) is 11.2 Å². The number of hydrogen-bond donors (Lipinski definition) is 0. The first-order valence-corrected chi connectivity index (χ1v) is 6.18. The molecule has 0 radical (unpaired) electrons. The predicted octanol–water partition coefficient (Wildman–Crippen LogP) is 2.89. The minimum Gasteiger partial charge on any atom is -0.479 e. The van der Waals surface area contributed by atoms with Crippen LogP contribution >= 0.6 is 11.6 Å². The maximum atomic E-state index is 14.1. The van der Waals surface area contributed by atoms with Crippen molar-refractivity contribution in [3.8, 4) is 23.1 Å². The zero-order chi connectivity index (χ0) is 15.6. The lowest BCUT2D eigenvalue weighted by Gasteiger charge is -2.12. The lowest BCUT2D eigenvalue weighted by atomic mass is 10.1. The maximum absolute atomic E-state index is 14.1. The van der Waals surface area contributed by atoms with Crippen LogP contribution in [0.1, 0.15) is 0 Å². The highest BCUT2D eigenvalue weighted by Gasteiger charge is 2.17. The van der Waals surface area contributed by atoms with Crippen molar-refractivity contribution in [2.24, 2.45) is 7.05 Å². The number of nitriles is 1. The molecule has 0 N–H and O–H groups in total. The third-order valence-corrected chi connectivity index (χ3v) is 3.12. The molecule has 0 aliphatic rings. The SMILES string of the molecule is Cn1c(-c2c(F)cc(OCC#N)cc2F)ccc(Cl)c1=O. The van der Waals surface area contributed by atoms with E-state index >= 15 is 0 Å². The number of benzene rings is 1. The van der Waals surface area contributed by atoms with Crippen LogP contribution in [0.5, 0.6) is 5.75 Å². The van der Waals surface area contributed by atoms with Crippen LogP contribution in [0.3, 0.4) is 0 Å². The topological polar surface area (TPSA) is 55.0 Å². The van der Waals surface area contributed by atoms with E-state index in [0.29, 0.717) is 0 Å². The molecule has 0 saturated heterocycles. The van der Waals surface area contributed by atoms with E-state index in [9.17, 15) is 13.6 Å². The van der Waals surface area contributed by atoms with Crippen molar-refractivity contribution in [2.75, 3.05) is 6.61 Å². The normalized spacial score (nSPS) is 10.2. The Hall–Kier alpha value is -2.39. The lowest BCUT2D eigenvalue weighted by Crippen LogP contribution is -2.19. The van der Waals surface area contributed by atoms with E-state index in [4.69, 9.17) is 21.6 Å². The van der Waals surface area contributed by atoms with Gasteiger partial charge in [0, 0.05) is 19.2 Å². The molecule has 108 valence electrons. The summed E-state index contributed by atoms with van der Waals surface area (Å²) in [6, 6.07) is 6.23. The van der Waals surface area contributed by atoms with Gasteiger partial charge in [0.2, 0.25) is 0 Å². The number of rotatable bonds is 3. The van der Waals surface area contributed by atoms with E-state index in [1.165, 1.54) is 19.2 Å². The molecule has 21 heavy (non-hydrogen) atoms. The molecule has 7 heteroatoms. The van der Waals surface area contributed by atoms with Gasteiger partial charge >= 0.3 is 0 Å². The van der Waals surface area contributed by atoms with E-state index in [-0.39, 0.29) is 28.6 Å². The van der Waals surface area contributed by atoms with Gasteiger partial charge < -0.3 is 9.30 Å². The highest BCUT2D eigenvalue weighted by molar-refractivity contribution is 6.30. The summed E-state index contributed by atoms with van der Waals surface area (Å²) >= 11 is 5.66. The number of aromatic nitrogens is 1. The molecule has 2 aromatic rings. The molecule has 0 aliphatic heterocycles. The van der Waals surface area contributed by atoms with Crippen LogP contribution < -0.4 is 10.3 Å². The second kappa shape index (κ2) is 5.94. The summed E-state index contributed by atoms with van der Waals surface area (Å²) in [5, 5.41) is 8.33. The minimum atomic E-state index is -0.903. The Balaban J connectivity index is 2.58. The third kappa shape index (κ3) is 2.88. The first kappa shape index (κ1) is 15.0. The number of nitrogens with zero attached hydrogens (tertiary/aromatic N) is 2. The van der Waals surface area contributed by atoms with Gasteiger partial charge in [-0.3, -0.25) is 4.79 Å². The molecule has 0 spiro atoms. The molecular weight excluding hydrogens is 302 g/mol. The average molecular weight is 311 g/mol. The summed E-state index contributed by atoms with van der Waals surface area (Å²) in [5.74, 6) is -1.91. The van der Waals surface area contributed by atoms with E-state index in [0.717, 1.165) is 16.7 Å². The van der Waals surface area contributed by atoms with Gasteiger partial charge in [0.1, 0.15) is 28.5 Å². The second-order valence-electron chi connectivity index (χ2n) is 4.14. The first-order chi connectivity index (χ1) is 9.95. The Labute approximate surface area is 123 Å². The molecule has 2 rings (SSSR count). The average Bonchev–Trinajstić information content (AvgIpc) is 2.44. The number of ether oxygens (including phenoxy) is 1. The van der Waals surface area contributed by atoms with E-state index in [1.54, 1.807) is 6.07 Å². The fraction of sp³-hybridized carbons (Fsp3) is 0.143. The van der Waals surface area contributed by atoms with E-state index in [1.807, 2.05) is 0 Å². The van der Waals surface area contributed by atoms with Crippen molar-refractivity contribution < 1.29 is 13.5 Å². The Morgan fingerprint density at radius 3 is 2.52 bits per heavy atom. The van der Waals surface area contributed by atoms with Gasteiger partial charge in [0.05, 0.1) is 11.3 Å². The fourth-order valence-corrected chi connectivity index (χ4v) is 2.04. The highest BCUT2D eigenvalue weighted by atomic mass is 35.5. The highest BCUT2D eigenvalue weighted by Crippen LogP contribution is 2.29. The summed E-state index contributed by atoms with van der Waals surface area (Å²) in [7, 11) is 1.36. The van der Waals surface area contributed by atoms with Crippen molar-refractivity contribution >= 4 is 11.6 Å². The molecule has 0 bridgehead atoms. The molecule has 0 amide bonds. The van der Waals surface area contributed by atoms with Gasteiger partial charge in [-0.15, -0.1) is 0 Å². The largest absolute Gasteiger partial charge is 0.479 e. The van der Waals surface area contributed by atoms with Crippen LogP contribution in [0, 0.1) is 23.0 Å². The summed E-state index contributed by atoms with van der Waals surface area (Å²) in [6.45, 7) is -0.322. The monoisotopic (exact) mass is 310 g/mol. The number of halogens is 3. The van der Waals surface area contributed by atoms with E-state index < -0.39 is 17.2 Å². The molecule has 0 aliphatic carbocycles. The molecule has 1 heterocycles. The summed E-state index contributed by atoms with van der Waals surface area (Å²) < 4.78 is 34.1. The van der Waals surface area contributed by atoms with Crippen LogP contribution in [0.25, 0.3) is 11.3 Å². The van der Waals surface area contributed by atoms with Crippen molar-refractivity contribution in [2.45, 2.75) is 0 Å². The zero-order valence-electron chi connectivity index (χ0n) is 10.9. The number of hydrogen-bond acceptors (Lipinski definition) is 3. The van der Waals surface area contributed by atoms with E-state index in [2.05, 4.69) is 0 Å². The molecule has 1 aromatic heterocycles. The Morgan fingerprint density at radius 1 is 1.33 bits per heavy atom. The van der Waals surface area contributed by atoms with Gasteiger partial charge in [-0.2, -0.15) is 5.26 Å². The van der Waals surface area contributed by atoms with Gasteiger partial charge in [-0.1, -0.05) is 11.6 Å². The quantitative estimate of drug-likeness (QED) is 0.876. The molecule has 1 aromatic carbocycles. The smallest absolute Gasteiger partial charge is 0.269 e. The Bertz CT molecular complexity index is 774. The van der Waals surface area contributed by atoms with Gasteiger partial charge in [-0.25, -0.2) is 8.78 Å². The molecule has 0 unspecified atom stereocenters. The Kier molecular flexibility index (Phi) is 4.24. The maximum Gasteiger partial charge on any atom is 0.269 e. The standard InChI is InChI=1S/C14H9ClF2N2O2/c1-19-12(3-2-9(15)14(19)20)13-10(16)6-8(7-11(13)17)21-5-4-18/h2-3,6-7H,5H2,1H3. The van der Waals surface area contributed by atoms with Gasteiger partial charge in [0.25, 0.3) is 5.56 Å². The molecule has 4 nitrogen and oxygen atoms in total. The van der Waals surface area contributed by atoms with Crippen LogP contribution in [0.15, 0.2) is 29.1 Å². The first-order valence-electron chi connectivity index (χ1n) is 5.80. The zero-order valence-corrected chi connectivity index (χ0v) is 11.6. The second-order valence-corrected chi connectivity index (χ2v) is 4.55. The van der Waals surface area contributed by atoms with Crippen LogP contribution in [0.4, 0.5) is 8.78 Å². The lowest BCUT2D eigenvalue weighted by molar-refractivity contribution is 0.363. The minimum absolute atomic E-state index is 0.0453. The van der Waals surface area contributed by atoms with Crippen molar-refractivity contribution in [3.05, 3.63) is 51.3 Å². The summed E-state index contributed by atoms with van der Waals surface area (Å²) in [4.78, 5) is 11.7. The summed E-state index contributed by atoms with van der Waals surface area (Å²) in [5.41, 5.74) is -0.875. The summed E-state index contributed by atoms with van der Waals surface area (Å²) in [6.07, 6.45) is 0. The van der Waals surface area contributed by atoms with Gasteiger partial charge in [-0.05, 0) is 12.1 Å². The predicted molar refractivity (Wildman–Crippen MR) is 73.2 cm³/mol. The molecule has 0 fully saturated rings. The number of pyridine rings is 1. The Morgan fingerprint density at radius 2 is 1.95 bits per heavy atom. The third-order valence-electron chi connectivity index (χ3n) is 2.83. The van der Waals surface area contributed by atoms with Crippen molar-refractivity contribution in [1.82, 2.24) is 4.57 Å². The van der Waals surface area contributed by atoms with Crippen molar-refractivity contribution in [1.29, 1.82) is 5.26 Å². The molecular formula is C14H9ClF2N2O2. The molecule has 0 atom stereocenters. The molecule has 0 saturated carbocycles. The van der Waals surface area contributed by atoms with Crippen LogP contribution in [0.2, 0.25) is 5.02 Å². The van der Waals surface area contributed by atoms with Crippen LogP contribution in [-0.2, 0) is 7.05 Å². The fourth-order valence-electron chi connectivity index (χ4n) is 1.85. The van der Waals surface area contributed by atoms with Crippen molar-refractivity contribution in [3.63, 3.8) is 0 Å².